The highest BCUT2D eigenvalue weighted by Crippen LogP contribution is 2.33. The number of ether oxygens (including phenoxy) is 2. The molecule has 4 rings (SSSR count). The first-order valence-corrected chi connectivity index (χ1v) is 9.87. The average molecular weight is 394 g/mol. The third kappa shape index (κ3) is 4.95. The summed E-state index contributed by atoms with van der Waals surface area (Å²) in [5.74, 6) is 1.31. The van der Waals surface area contributed by atoms with Crippen molar-refractivity contribution in [2.75, 3.05) is 0 Å². The molecule has 0 aromatic heterocycles. The van der Waals surface area contributed by atoms with Gasteiger partial charge in [0.05, 0.1) is 5.56 Å². The second-order valence-electron chi connectivity index (χ2n) is 6.90. The zero-order valence-electron chi connectivity index (χ0n) is 16.5. The molecule has 0 aliphatic heterocycles. The molecule has 0 heterocycles. The van der Waals surface area contributed by atoms with Crippen LogP contribution in [0, 0.1) is 0 Å². The second kappa shape index (κ2) is 9.57. The van der Waals surface area contributed by atoms with Gasteiger partial charge in [-0.05, 0) is 35.4 Å². The number of hydrogen-bond acceptors (Lipinski definition) is 3. The zero-order valence-corrected chi connectivity index (χ0v) is 16.5. The van der Waals surface area contributed by atoms with Crippen LogP contribution in [0.4, 0.5) is 0 Å². The van der Waals surface area contributed by atoms with E-state index in [0.29, 0.717) is 30.3 Å². The van der Waals surface area contributed by atoms with Crippen LogP contribution in [0.2, 0.25) is 0 Å². The molecule has 0 saturated heterocycles. The maximum atomic E-state index is 12.3. The lowest BCUT2D eigenvalue weighted by Crippen LogP contribution is -2.03. The van der Waals surface area contributed by atoms with Gasteiger partial charge in [-0.25, -0.2) is 0 Å². The summed E-state index contributed by atoms with van der Waals surface area (Å²) in [6, 6.07) is 25.7. The first-order chi connectivity index (χ1) is 14.8. The highest BCUT2D eigenvalue weighted by atomic mass is 16.5. The van der Waals surface area contributed by atoms with E-state index in [0.717, 1.165) is 16.7 Å². The Morgan fingerprint density at radius 1 is 0.633 bits per heavy atom. The Bertz CT molecular complexity index is 1030. The maximum absolute atomic E-state index is 12.3. The quantitative estimate of drug-likeness (QED) is 0.467. The van der Waals surface area contributed by atoms with Gasteiger partial charge in [0, 0.05) is 5.57 Å². The van der Waals surface area contributed by atoms with Crippen molar-refractivity contribution in [1.82, 2.24) is 0 Å². The summed E-state index contributed by atoms with van der Waals surface area (Å²) < 4.78 is 12.2. The normalized spacial score (nSPS) is 14.1. The van der Waals surface area contributed by atoms with Gasteiger partial charge >= 0.3 is 0 Å². The molecule has 0 unspecified atom stereocenters. The molecule has 0 N–H and O–H groups in total. The number of ketones is 1. The first-order valence-electron chi connectivity index (χ1n) is 9.87. The largest absolute Gasteiger partial charge is 0.488 e. The molecule has 0 amide bonds. The minimum absolute atomic E-state index is 0.0376. The van der Waals surface area contributed by atoms with Crippen LogP contribution in [-0.4, -0.2) is 5.78 Å². The molecule has 0 bridgehead atoms. The summed E-state index contributed by atoms with van der Waals surface area (Å²) >= 11 is 0. The number of carbonyl (C=O) groups excluding carboxylic acids is 1. The molecule has 3 heteroatoms. The van der Waals surface area contributed by atoms with E-state index in [1.807, 2.05) is 91.0 Å². The summed E-state index contributed by atoms with van der Waals surface area (Å²) in [6.07, 6.45) is 8.79. The van der Waals surface area contributed by atoms with E-state index in [9.17, 15) is 4.79 Å². The SMILES string of the molecule is O=C1C=CC=C/C1=C\c1c(OCc2ccccc2)cccc1OCc1ccccc1. The first kappa shape index (κ1) is 19.5. The summed E-state index contributed by atoms with van der Waals surface area (Å²) in [6.45, 7) is 0.867. The molecule has 30 heavy (non-hydrogen) atoms. The molecule has 0 fully saturated rings. The lowest BCUT2D eigenvalue weighted by atomic mass is 10.0. The average Bonchev–Trinajstić information content (AvgIpc) is 2.80. The minimum Gasteiger partial charge on any atom is -0.488 e. The van der Waals surface area contributed by atoms with Crippen LogP contribution in [-0.2, 0) is 18.0 Å². The van der Waals surface area contributed by atoms with Crippen molar-refractivity contribution in [2.45, 2.75) is 13.2 Å². The van der Waals surface area contributed by atoms with Gasteiger partial charge in [-0.15, -0.1) is 0 Å². The molecule has 0 atom stereocenters. The number of hydrogen-bond donors (Lipinski definition) is 0. The maximum Gasteiger partial charge on any atom is 0.185 e. The predicted octanol–water partition coefficient (Wildman–Crippen LogP) is 5.92. The molecule has 3 aromatic carbocycles. The van der Waals surface area contributed by atoms with Crippen LogP contribution in [0.15, 0.2) is 109 Å². The van der Waals surface area contributed by atoms with E-state index >= 15 is 0 Å². The van der Waals surface area contributed by atoms with Gasteiger partial charge in [-0.3, -0.25) is 4.79 Å². The topological polar surface area (TPSA) is 35.5 Å². The molecule has 3 nitrogen and oxygen atoms in total. The fourth-order valence-electron chi connectivity index (χ4n) is 3.14. The summed E-state index contributed by atoms with van der Waals surface area (Å²) in [5, 5.41) is 0. The highest BCUT2D eigenvalue weighted by molar-refractivity contribution is 6.10. The number of benzene rings is 3. The van der Waals surface area contributed by atoms with E-state index in [2.05, 4.69) is 0 Å². The molecular weight excluding hydrogens is 372 g/mol. The standard InChI is InChI=1S/C27H22O3/c28-25-15-8-7-14-23(25)18-24-26(29-19-21-10-3-1-4-11-21)16-9-17-27(24)30-20-22-12-5-2-6-13-22/h1-18H,19-20H2/b23-18+. The van der Waals surface area contributed by atoms with Crippen molar-refractivity contribution < 1.29 is 14.3 Å². The molecular formula is C27H22O3. The van der Waals surface area contributed by atoms with Crippen molar-refractivity contribution in [1.29, 1.82) is 0 Å². The van der Waals surface area contributed by atoms with Gasteiger partial charge < -0.3 is 9.47 Å². The molecule has 3 aromatic rings. The van der Waals surface area contributed by atoms with Crippen LogP contribution in [0.25, 0.3) is 6.08 Å². The molecule has 1 aliphatic carbocycles. The van der Waals surface area contributed by atoms with Gasteiger partial charge in [-0.2, -0.15) is 0 Å². The smallest absolute Gasteiger partial charge is 0.185 e. The Morgan fingerprint density at radius 2 is 1.17 bits per heavy atom. The van der Waals surface area contributed by atoms with Crippen LogP contribution < -0.4 is 9.47 Å². The van der Waals surface area contributed by atoms with E-state index in [-0.39, 0.29) is 5.78 Å². The summed E-state index contributed by atoms with van der Waals surface area (Å²) in [4.78, 5) is 12.3. The number of carbonyl (C=O) groups is 1. The lowest BCUT2D eigenvalue weighted by molar-refractivity contribution is -0.111. The van der Waals surface area contributed by atoms with Gasteiger partial charge in [-0.1, -0.05) is 85.0 Å². The third-order valence-electron chi connectivity index (χ3n) is 4.72. The van der Waals surface area contributed by atoms with Crippen molar-refractivity contribution in [3.05, 3.63) is 125 Å². The second-order valence-corrected chi connectivity index (χ2v) is 6.90. The highest BCUT2D eigenvalue weighted by Gasteiger charge is 2.13. The lowest BCUT2D eigenvalue weighted by Gasteiger charge is -2.15. The van der Waals surface area contributed by atoms with E-state index < -0.39 is 0 Å². The van der Waals surface area contributed by atoms with Crippen LogP contribution >= 0.6 is 0 Å². The fraction of sp³-hybridized carbons (Fsp3) is 0.0741. The Morgan fingerprint density at radius 3 is 1.70 bits per heavy atom. The van der Waals surface area contributed by atoms with E-state index in [1.165, 1.54) is 0 Å². The number of allylic oxidation sites excluding steroid dienone is 5. The van der Waals surface area contributed by atoms with Crippen LogP contribution in [0.1, 0.15) is 16.7 Å². The molecule has 0 saturated carbocycles. The van der Waals surface area contributed by atoms with Gasteiger partial charge in [0.25, 0.3) is 0 Å². The summed E-state index contributed by atoms with van der Waals surface area (Å²) in [7, 11) is 0. The van der Waals surface area contributed by atoms with Gasteiger partial charge in [0.1, 0.15) is 24.7 Å². The molecule has 1 aliphatic rings. The van der Waals surface area contributed by atoms with Crippen molar-refractivity contribution in [3.8, 4) is 11.5 Å². The Hall–Kier alpha value is -3.85. The summed E-state index contributed by atoms with van der Waals surface area (Å²) in [5.41, 5.74) is 3.50. The van der Waals surface area contributed by atoms with Crippen LogP contribution in [0.3, 0.4) is 0 Å². The molecule has 148 valence electrons. The monoisotopic (exact) mass is 394 g/mol. The van der Waals surface area contributed by atoms with Crippen molar-refractivity contribution >= 4 is 11.9 Å². The van der Waals surface area contributed by atoms with Crippen molar-refractivity contribution in [2.24, 2.45) is 0 Å². The van der Waals surface area contributed by atoms with Gasteiger partial charge in [0.15, 0.2) is 5.78 Å². The third-order valence-corrected chi connectivity index (χ3v) is 4.72. The number of rotatable bonds is 7. The molecule has 0 radical (unpaired) electrons. The van der Waals surface area contributed by atoms with Gasteiger partial charge in [0.2, 0.25) is 0 Å². The molecule has 0 spiro atoms. The Labute approximate surface area is 176 Å². The van der Waals surface area contributed by atoms with Crippen LogP contribution in [0.5, 0.6) is 11.5 Å². The van der Waals surface area contributed by atoms with E-state index in [4.69, 9.17) is 9.47 Å². The van der Waals surface area contributed by atoms with E-state index in [1.54, 1.807) is 18.2 Å². The minimum atomic E-state index is -0.0376. The predicted molar refractivity (Wildman–Crippen MR) is 119 cm³/mol. The van der Waals surface area contributed by atoms with Crippen molar-refractivity contribution in [3.63, 3.8) is 0 Å². The zero-order chi connectivity index (χ0) is 20.6. The Kier molecular flexibility index (Phi) is 6.21. The Balaban J connectivity index is 1.64. The fourth-order valence-corrected chi connectivity index (χ4v) is 3.14.